The summed E-state index contributed by atoms with van der Waals surface area (Å²) in [5, 5.41) is 6.97. The van der Waals surface area contributed by atoms with E-state index in [0.29, 0.717) is 16.8 Å². The lowest BCUT2D eigenvalue weighted by molar-refractivity contribution is 0.102. The molecule has 1 aliphatic rings. The van der Waals surface area contributed by atoms with E-state index < -0.39 is 0 Å². The lowest BCUT2D eigenvalue weighted by atomic mass is 10.1. The van der Waals surface area contributed by atoms with Crippen molar-refractivity contribution in [3.8, 4) is 16.9 Å². The van der Waals surface area contributed by atoms with Crippen LogP contribution in [0.15, 0.2) is 67.1 Å². The number of piperidine rings is 1. The number of fused-ring (bicyclic) bond motifs is 1. The van der Waals surface area contributed by atoms with Gasteiger partial charge >= 0.3 is 0 Å². The molecule has 1 aliphatic heterocycles. The summed E-state index contributed by atoms with van der Waals surface area (Å²) in [6, 6.07) is 14.8. The third-order valence-electron chi connectivity index (χ3n) is 5.61. The molecule has 0 atom stereocenters. The summed E-state index contributed by atoms with van der Waals surface area (Å²) < 4.78 is 6.00. The number of aromatic nitrogens is 3. The molecule has 0 bridgehead atoms. The molecule has 0 saturated carbocycles. The fourth-order valence-electron chi connectivity index (χ4n) is 3.84. The third kappa shape index (κ3) is 4.91. The molecule has 166 valence electrons. The molecule has 8 heteroatoms. The Kier molecular flexibility index (Phi) is 5.82. The lowest BCUT2D eigenvalue weighted by Gasteiger charge is -2.23. The molecule has 0 radical (unpaired) electrons. The molecule has 33 heavy (non-hydrogen) atoms. The minimum atomic E-state index is -0.279. The third-order valence-corrected chi connectivity index (χ3v) is 5.61. The molecular formula is C25H24N6O2. The van der Waals surface area contributed by atoms with Gasteiger partial charge in [0.1, 0.15) is 11.9 Å². The van der Waals surface area contributed by atoms with Crippen LogP contribution in [0.2, 0.25) is 0 Å². The first-order chi connectivity index (χ1) is 16.1. The summed E-state index contributed by atoms with van der Waals surface area (Å²) in [7, 11) is 0. The molecule has 8 nitrogen and oxygen atoms in total. The second kappa shape index (κ2) is 9.22. The molecule has 3 heterocycles. The highest BCUT2D eigenvalue weighted by atomic mass is 16.5. The number of nitrogens with one attached hydrogen (secondary N) is 2. The van der Waals surface area contributed by atoms with Crippen molar-refractivity contribution in [3.63, 3.8) is 0 Å². The SMILES string of the molecule is Nc1cncc(-c2ccc3cnc(NC(=O)c4ccc(OC5CCNCC5)cc4)nc3c2)c1. The van der Waals surface area contributed by atoms with E-state index >= 15 is 0 Å². The molecule has 2 aromatic heterocycles. The van der Waals surface area contributed by atoms with Crippen molar-refractivity contribution < 1.29 is 9.53 Å². The van der Waals surface area contributed by atoms with Crippen molar-refractivity contribution in [3.05, 3.63) is 72.7 Å². The van der Waals surface area contributed by atoms with Gasteiger partial charge in [-0.2, -0.15) is 0 Å². The number of hydrogen-bond donors (Lipinski definition) is 3. The largest absolute Gasteiger partial charge is 0.490 e. The Morgan fingerprint density at radius 3 is 2.61 bits per heavy atom. The van der Waals surface area contributed by atoms with Crippen LogP contribution in [0.5, 0.6) is 5.75 Å². The molecule has 2 aromatic carbocycles. The number of hydrogen-bond acceptors (Lipinski definition) is 7. The zero-order chi connectivity index (χ0) is 22.6. The topological polar surface area (TPSA) is 115 Å². The zero-order valence-electron chi connectivity index (χ0n) is 18.0. The highest BCUT2D eigenvalue weighted by Crippen LogP contribution is 2.25. The minimum absolute atomic E-state index is 0.213. The number of carbonyl (C=O) groups is 1. The van der Waals surface area contributed by atoms with E-state index in [1.54, 1.807) is 30.7 Å². The molecule has 4 aromatic rings. The van der Waals surface area contributed by atoms with Gasteiger partial charge in [-0.1, -0.05) is 12.1 Å². The van der Waals surface area contributed by atoms with Gasteiger partial charge in [0.2, 0.25) is 5.95 Å². The summed E-state index contributed by atoms with van der Waals surface area (Å²) >= 11 is 0. The highest BCUT2D eigenvalue weighted by molar-refractivity contribution is 6.03. The number of nitrogens with zero attached hydrogens (tertiary/aromatic N) is 3. The average Bonchev–Trinajstić information content (AvgIpc) is 2.85. The van der Waals surface area contributed by atoms with E-state index in [4.69, 9.17) is 10.5 Å². The number of nitrogen functional groups attached to an aromatic ring is 1. The smallest absolute Gasteiger partial charge is 0.258 e. The van der Waals surface area contributed by atoms with E-state index in [0.717, 1.165) is 48.2 Å². The summed E-state index contributed by atoms with van der Waals surface area (Å²) in [4.78, 5) is 25.7. The first kappa shape index (κ1) is 20.8. The van der Waals surface area contributed by atoms with Crippen LogP contribution in [0.1, 0.15) is 23.2 Å². The number of anilines is 2. The van der Waals surface area contributed by atoms with Gasteiger partial charge in [0.25, 0.3) is 5.91 Å². The standard InChI is InChI=1S/C25H24N6O2/c26-20-11-19(13-28-15-20)17-1-2-18-14-29-25(30-23(18)12-17)31-24(32)16-3-5-21(6-4-16)33-22-7-9-27-10-8-22/h1-6,11-15,22,27H,7-10,26H2,(H,29,30,31,32). The first-order valence-corrected chi connectivity index (χ1v) is 10.9. The number of benzene rings is 2. The van der Waals surface area contributed by atoms with Crippen LogP contribution in [0.25, 0.3) is 22.0 Å². The van der Waals surface area contributed by atoms with Gasteiger partial charge in [-0.25, -0.2) is 9.97 Å². The van der Waals surface area contributed by atoms with Gasteiger partial charge in [0, 0.05) is 35.1 Å². The van der Waals surface area contributed by atoms with E-state index in [1.165, 1.54) is 0 Å². The molecule has 0 unspecified atom stereocenters. The lowest BCUT2D eigenvalue weighted by Crippen LogP contribution is -2.34. The van der Waals surface area contributed by atoms with Crippen LogP contribution < -0.4 is 21.1 Å². The molecule has 1 fully saturated rings. The van der Waals surface area contributed by atoms with E-state index in [1.807, 2.05) is 36.4 Å². The molecule has 0 spiro atoms. The average molecular weight is 441 g/mol. The molecule has 1 saturated heterocycles. The maximum atomic E-state index is 12.7. The van der Waals surface area contributed by atoms with Crippen molar-refractivity contribution in [2.45, 2.75) is 18.9 Å². The van der Waals surface area contributed by atoms with Crippen LogP contribution in [-0.4, -0.2) is 40.1 Å². The molecule has 4 N–H and O–H groups in total. The Bertz CT molecular complexity index is 1290. The van der Waals surface area contributed by atoms with Gasteiger partial charge < -0.3 is 15.8 Å². The molecule has 1 amide bonds. The fraction of sp³-hybridized carbons (Fsp3) is 0.200. The number of carbonyl (C=O) groups excluding carboxylic acids is 1. The predicted molar refractivity (Wildman–Crippen MR) is 128 cm³/mol. The van der Waals surface area contributed by atoms with Gasteiger partial charge in [0.05, 0.1) is 11.2 Å². The van der Waals surface area contributed by atoms with Crippen LogP contribution in [0.4, 0.5) is 11.6 Å². The fourth-order valence-corrected chi connectivity index (χ4v) is 3.84. The van der Waals surface area contributed by atoms with Crippen LogP contribution in [-0.2, 0) is 0 Å². The second-order valence-electron chi connectivity index (χ2n) is 8.02. The Morgan fingerprint density at radius 1 is 1.00 bits per heavy atom. The maximum absolute atomic E-state index is 12.7. The first-order valence-electron chi connectivity index (χ1n) is 10.9. The van der Waals surface area contributed by atoms with Gasteiger partial charge in [-0.05, 0) is 67.9 Å². The summed E-state index contributed by atoms with van der Waals surface area (Å²) in [5.41, 5.74) is 9.50. The van der Waals surface area contributed by atoms with Crippen LogP contribution in [0.3, 0.4) is 0 Å². The Balaban J connectivity index is 1.30. The molecule has 5 rings (SSSR count). The zero-order valence-corrected chi connectivity index (χ0v) is 18.0. The minimum Gasteiger partial charge on any atom is -0.490 e. The van der Waals surface area contributed by atoms with E-state index in [9.17, 15) is 4.79 Å². The maximum Gasteiger partial charge on any atom is 0.258 e. The second-order valence-corrected chi connectivity index (χ2v) is 8.02. The monoisotopic (exact) mass is 440 g/mol. The van der Waals surface area contributed by atoms with Gasteiger partial charge in [-0.15, -0.1) is 0 Å². The van der Waals surface area contributed by atoms with Gasteiger partial charge in [-0.3, -0.25) is 15.1 Å². The summed E-state index contributed by atoms with van der Waals surface area (Å²) in [6.45, 7) is 1.93. The van der Waals surface area contributed by atoms with Crippen molar-refractivity contribution in [2.24, 2.45) is 0 Å². The van der Waals surface area contributed by atoms with E-state index in [-0.39, 0.29) is 18.0 Å². The van der Waals surface area contributed by atoms with Crippen molar-refractivity contribution in [1.29, 1.82) is 0 Å². The molecular weight excluding hydrogens is 416 g/mol. The van der Waals surface area contributed by atoms with E-state index in [2.05, 4.69) is 25.6 Å². The van der Waals surface area contributed by atoms with Crippen LogP contribution in [0, 0.1) is 0 Å². The highest BCUT2D eigenvalue weighted by Gasteiger charge is 2.15. The number of ether oxygens (including phenoxy) is 1. The number of amides is 1. The van der Waals surface area contributed by atoms with Crippen molar-refractivity contribution in [1.82, 2.24) is 20.3 Å². The molecule has 0 aliphatic carbocycles. The number of rotatable bonds is 5. The number of nitrogens with two attached hydrogens (primary N) is 1. The summed E-state index contributed by atoms with van der Waals surface area (Å²) in [6.07, 6.45) is 7.22. The summed E-state index contributed by atoms with van der Waals surface area (Å²) in [5.74, 6) is 0.730. The number of pyridine rings is 1. The van der Waals surface area contributed by atoms with Crippen molar-refractivity contribution in [2.75, 3.05) is 24.1 Å². The Morgan fingerprint density at radius 2 is 1.82 bits per heavy atom. The van der Waals surface area contributed by atoms with Crippen molar-refractivity contribution >= 4 is 28.4 Å². The van der Waals surface area contributed by atoms with Gasteiger partial charge in [0.15, 0.2) is 0 Å². The normalized spacial score (nSPS) is 14.2. The Labute approximate surface area is 191 Å². The predicted octanol–water partition coefficient (Wildman–Crippen LogP) is 3.66. The quantitative estimate of drug-likeness (QED) is 0.434. The van der Waals surface area contributed by atoms with Crippen LogP contribution >= 0.6 is 0 Å². The Hall–Kier alpha value is -4.04.